The molecular formula is C27H28O9. The fraction of sp³-hybridized carbons (Fsp3) is 0.333. The second-order valence-corrected chi connectivity index (χ2v) is 8.62. The van der Waals surface area contributed by atoms with E-state index in [1.165, 1.54) is 0 Å². The SMILES string of the molecule is COc1ccc2cc(C(C)C(=O)OC3OC(C(=O)OCc4ccccc4)C(O)C(O)C3O)ccc2c1. The maximum atomic E-state index is 12.9. The number of aliphatic hydroxyl groups is 3. The Morgan fingerprint density at radius 3 is 2.33 bits per heavy atom. The predicted octanol–water partition coefficient (Wildman–Crippen LogP) is 2.05. The van der Waals surface area contributed by atoms with Crippen molar-refractivity contribution in [3.05, 3.63) is 77.9 Å². The van der Waals surface area contributed by atoms with Gasteiger partial charge in [0, 0.05) is 0 Å². The molecule has 0 spiro atoms. The first-order chi connectivity index (χ1) is 17.3. The lowest BCUT2D eigenvalue weighted by Gasteiger charge is -2.38. The molecule has 0 bridgehead atoms. The van der Waals surface area contributed by atoms with Crippen molar-refractivity contribution < 1.29 is 43.9 Å². The maximum absolute atomic E-state index is 12.9. The van der Waals surface area contributed by atoms with E-state index >= 15 is 0 Å². The Hall–Kier alpha value is -3.50. The van der Waals surface area contributed by atoms with Crippen LogP contribution in [0.25, 0.3) is 10.8 Å². The minimum atomic E-state index is -1.79. The van der Waals surface area contributed by atoms with Gasteiger partial charge < -0.3 is 34.3 Å². The molecule has 0 amide bonds. The number of carbonyl (C=O) groups excluding carboxylic acids is 2. The molecule has 1 aliphatic heterocycles. The minimum absolute atomic E-state index is 0.0831. The summed E-state index contributed by atoms with van der Waals surface area (Å²) in [6.45, 7) is 1.54. The number of esters is 2. The number of methoxy groups -OCH3 is 1. The second kappa shape index (κ2) is 11.0. The van der Waals surface area contributed by atoms with Crippen LogP contribution in [-0.4, -0.2) is 65.1 Å². The van der Waals surface area contributed by atoms with Crippen molar-refractivity contribution in [3.8, 4) is 5.75 Å². The molecule has 6 unspecified atom stereocenters. The highest BCUT2D eigenvalue weighted by Gasteiger charge is 2.49. The number of aliphatic hydroxyl groups excluding tert-OH is 3. The van der Waals surface area contributed by atoms with Gasteiger partial charge in [-0.1, -0.05) is 54.6 Å². The van der Waals surface area contributed by atoms with E-state index in [0.717, 1.165) is 10.8 Å². The van der Waals surface area contributed by atoms with Gasteiger partial charge in [0.05, 0.1) is 13.0 Å². The molecule has 1 saturated heterocycles. The highest BCUT2D eigenvalue weighted by atomic mass is 16.7. The van der Waals surface area contributed by atoms with Crippen LogP contribution < -0.4 is 4.74 Å². The molecule has 0 aromatic heterocycles. The van der Waals surface area contributed by atoms with Crippen molar-refractivity contribution in [2.24, 2.45) is 0 Å². The Labute approximate surface area is 207 Å². The molecule has 6 atom stereocenters. The van der Waals surface area contributed by atoms with Crippen LogP contribution in [0.15, 0.2) is 66.7 Å². The van der Waals surface area contributed by atoms with E-state index in [1.54, 1.807) is 44.4 Å². The third-order valence-electron chi connectivity index (χ3n) is 6.18. The lowest BCUT2D eigenvalue weighted by molar-refractivity contribution is -0.288. The molecule has 36 heavy (non-hydrogen) atoms. The molecule has 0 aliphatic carbocycles. The van der Waals surface area contributed by atoms with Crippen LogP contribution in [0.2, 0.25) is 0 Å². The van der Waals surface area contributed by atoms with Crippen LogP contribution in [0, 0.1) is 0 Å². The number of hydrogen-bond acceptors (Lipinski definition) is 9. The molecule has 1 aliphatic rings. The van der Waals surface area contributed by atoms with E-state index in [2.05, 4.69) is 0 Å². The third-order valence-corrected chi connectivity index (χ3v) is 6.18. The van der Waals surface area contributed by atoms with Crippen LogP contribution in [0.3, 0.4) is 0 Å². The van der Waals surface area contributed by atoms with Gasteiger partial charge in [-0.25, -0.2) is 4.79 Å². The smallest absolute Gasteiger partial charge is 0.338 e. The summed E-state index contributed by atoms with van der Waals surface area (Å²) in [4.78, 5) is 25.4. The van der Waals surface area contributed by atoms with Gasteiger partial charge in [-0.2, -0.15) is 0 Å². The van der Waals surface area contributed by atoms with Crippen LogP contribution in [0.1, 0.15) is 24.0 Å². The van der Waals surface area contributed by atoms with E-state index in [0.29, 0.717) is 16.9 Å². The third kappa shape index (κ3) is 5.50. The highest BCUT2D eigenvalue weighted by molar-refractivity contribution is 5.87. The summed E-state index contributed by atoms with van der Waals surface area (Å²) in [5.41, 5.74) is 1.37. The first-order valence-corrected chi connectivity index (χ1v) is 11.5. The van der Waals surface area contributed by atoms with Gasteiger partial charge in [0.1, 0.15) is 30.7 Å². The van der Waals surface area contributed by atoms with Gasteiger partial charge in [-0.15, -0.1) is 0 Å². The van der Waals surface area contributed by atoms with E-state index < -0.39 is 48.6 Å². The highest BCUT2D eigenvalue weighted by Crippen LogP contribution is 2.28. The fourth-order valence-electron chi connectivity index (χ4n) is 3.94. The maximum Gasteiger partial charge on any atom is 0.338 e. The van der Waals surface area contributed by atoms with Crippen molar-refractivity contribution in [2.45, 2.75) is 50.2 Å². The normalized spacial score (nSPS) is 24.6. The van der Waals surface area contributed by atoms with Crippen molar-refractivity contribution >= 4 is 22.7 Å². The first kappa shape index (κ1) is 25.6. The quantitative estimate of drug-likeness (QED) is 0.421. The first-order valence-electron chi connectivity index (χ1n) is 11.5. The van der Waals surface area contributed by atoms with Crippen molar-refractivity contribution in [3.63, 3.8) is 0 Å². The van der Waals surface area contributed by atoms with Gasteiger partial charge in [-0.3, -0.25) is 4.79 Å². The summed E-state index contributed by atoms with van der Waals surface area (Å²) in [6, 6.07) is 19.9. The van der Waals surface area contributed by atoms with Gasteiger partial charge in [0.25, 0.3) is 0 Å². The van der Waals surface area contributed by atoms with Crippen molar-refractivity contribution in [1.82, 2.24) is 0 Å². The molecule has 0 saturated carbocycles. The molecule has 3 N–H and O–H groups in total. The molecule has 3 aromatic rings. The molecule has 9 heteroatoms. The Morgan fingerprint density at radius 1 is 0.917 bits per heavy atom. The van der Waals surface area contributed by atoms with E-state index in [4.69, 9.17) is 18.9 Å². The van der Waals surface area contributed by atoms with E-state index in [9.17, 15) is 24.9 Å². The molecule has 4 rings (SSSR count). The standard InChI is InChI=1S/C27H28O9/c1-15(17-8-9-19-13-20(33-2)11-10-18(19)12-17)25(31)36-27-23(30)21(28)22(29)24(35-27)26(32)34-14-16-6-4-3-5-7-16/h3-13,15,21-24,27-30H,14H2,1-2H3. The topological polar surface area (TPSA) is 132 Å². The lowest BCUT2D eigenvalue weighted by atomic mass is 9.97. The lowest BCUT2D eigenvalue weighted by Crippen LogP contribution is -2.61. The molecule has 1 fully saturated rings. The number of benzene rings is 3. The molecular weight excluding hydrogens is 468 g/mol. The monoisotopic (exact) mass is 496 g/mol. The average Bonchev–Trinajstić information content (AvgIpc) is 2.91. The van der Waals surface area contributed by atoms with Crippen molar-refractivity contribution in [1.29, 1.82) is 0 Å². The summed E-state index contributed by atoms with van der Waals surface area (Å²) >= 11 is 0. The summed E-state index contributed by atoms with van der Waals surface area (Å²) in [5, 5.41) is 32.7. The van der Waals surface area contributed by atoms with Gasteiger partial charge >= 0.3 is 11.9 Å². The number of rotatable bonds is 7. The van der Waals surface area contributed by atoms with Crippen LogP contribution in [0.4, 0.5) is 0 Å². The second-order valence-electron chi connectivity index (χ2n) is 8.62. The minimum Gasteiger partial charge on any atom is -0.497 e. The Bertz CT molecular complexity index is 1210. The van der Waals surface area contributed by atoms with E-state index in [-0.39, 0.29) is 6.61 Å². The molecule has 190 valence electrons. The number of carbonyl (C=O) groups is 2. The Kier molecular flexibility index (Phi) is 7.85. The largest absolute Gasteiger partial charge is 0.497 e. The predicted molar refractivity (Wildman–Crippen MR) is 128 cm³/mol. The summed E-state index contributed by atoms with van der Waals surface area (Å²) in [7, 11) is 1.58. The summed E-state index contributed by atoms with van der Waals surface area (Å²) in [5.74, 6) is -1.74. The fourth-order valence-corrected chi connectivity index (χ4v) is 3.94. The molecule has 9 nitrogen and oxygen atoms in total. The van der Waals surface area contributed by atoms with Gasteiger partial charge in [0.2, 0.25) is 6.29 Å². The molecule has 1 heterocycles. The van der Waals surface area contributed by atoms with Crippen molar-refractivity contribution in [2.75, 3.05) is 7.11 Å². The zero-order valence-electron chi connectivity index (χ0n) is 19.8. The number of ether oxygens (including phenoxy) is 4. The van der Waals surface area contributed by atoms with Gasteiger partial charge in [0.15, 0.2) is 6.10 Å². The Morgan fingerprint density at radius 2 is 1.61 bits per heavy atom. The van der Waals surface area contributed by atoms with Crippen LogP contribution in [0.5, 0.6) is 5.75 Å². The number of hydrogen-bond donors (Lipinski definition) is 3. The van der Waals surface area contributed by atoms with Gasteiger partial charge in [-0.05, 0) is 41.0 Å². The molecule has 0 radical (unpaired) electrons. The zero-order chi connectivity index (χ0) is 25.8. The summed E-state index contributed by atoms with van der Waals surface area (Å²) < 4.78 is 21.1. The summed E-state index contributed by atoms with van der Waals surface area (Å²) in [6.07, 6.45) is -8.67. The number of fused-ring (bicyclic) bond motifs is 1. The van der Waals surface area contributed by atoms with Crippen LogP contribution in [-0.2, 0) is 30.4 Å². The van der Waals surface area contributed by atoms with Crippen LogP contribution >= 0.6 is 0 Å². The molecule has 3 aromatic carbocycles. The Balaban J connectivity index is 1.43. The average molecular weight is 497 g/mol. The van der Waals surface area contributed by atoms with E-state index in [1.807, 2.05) is 36.4 Å². The zero-order valence-corrected chi connectivity index (χ0v) is 19.8.